The minimum Gasteiger partial charge on any atom is -0.445 e. The number of rotatable bonds is 15. The van der Waals surface area contributed by atoms with E-state index in [4.69, 9.17) is 18.9 Å². The highest BCUT2D eigenvalue weighted by molar-refractivity contribution is 5.67. The van der Waals surface area contributed by atoms with Crippen molar-refractivity contribution in [1.29, 1.82) is 0 Å². The Morgan fingerprint density at radius 1 is 0.564 bits per heavy atom. The predicted octanol–water partition coefficient (Wildman–Crippen LogP) is 5.95. The summed E-state index contributed by atoms with van der Waals surface area (Å²) in [5, 5.41) is 2.68. The van der Waals surface area contributed by atoms with Crippen molar-refractivity contribution in [2.24, 2.45) is 0 Å². The largest absolute Gasteiger partial charge is 0.445 e. The van der Waals surface area contributed by atoms with Crippen LogP contribution in [0.15, 0.2) is 121 Å². The molecule has 1 amide bonds. The monoisotopic (exact) mass is 525 g/mol. The van der Waals surface area contributed by atoms with Crippen LogP contribution < -0.4 is 5.32 Å². The third-order valence-corrected chi connectivity index (χ3v) is 6.19. The maximum atomic E-state index is 11.8. The first-order chi connectivity index (χ1) is 19.3. The molecule has 0 fully saturated rings. The quantitative estimate of drug-likeness (QED) is 0.153. The summed E-state index contributed by atoms with van der Waals surface area (Å²) in [6.45, 7) is 2.64. The molecule has 4 aromatic rings. The molecular weight excluding hydrogens is 490 g/mol. The second-order valence-electron chi connectivity index (χ2n) is 8.84. The van der Waals surface area contributed by atoms with Gasteiger partial charge in [-0.2, -0.15) is 0 Å². The molecule has 0 aliphatic carbocycles. The van der Waals surface area contributed by atoms with Gasteiger partial charge >= 0.3 is 6.09 Å². The zero-order valence-electron chi connectivity index (χ0n) is 22.0. The summed E-state index contributed by atoms with van der Waals surface area (Å²) >= 11 is 0. The highest BCUT2D eigenvalue weighted by Gasteiger charge is 2.37. The molecule has 1 N–H and O–H groups in total. The average molecular weight is 526 g/mol. The Morgan fingerprint density at radius 2 is 1.00 bits per heavy atom. The standard InChI is InChI=1S/C33H35NO5/c35-32(38-27-28-13-5-1-6-14-28)34-21-22-36-23-24-37-25-26-39-33(29-15-7-2-8-16-29,30-17-9-3-10-18-30)31-19-11-4-12-20-31/h1-20H,21-27H2,(H,34,35). The maximum Gasteiger partial charge on any atom is 0.407 e. The van der Waals surface area contributed by atoms with E-state index in [-0.39, 0.29) is 6.61 Å². The zero-order valence-corrected chi connectivity index (χ0v) is 22.0. The van der Waals surface area contributed by atoms with E-state index < -0.39 is 11.7 Å². The first kappa shape index (κ1) is 28.0. The van der Waals surface area contributed by atoms with Crippen LogP contribution in [0.2, 0.25) is 0 Å². The molecule has 0 spiro atoms. The van der Waals surface area contributed by atoms with E-state index in [0.29, 0.717) is 39.6 Å². The Bertz CT molecular complexity index is 1120. The normalized spacial score (nSPS) is 11.2. The lowest BCUT2D eigenvalue weighted by molar-refractivity contribution is -0.0331. The van der Waals surface area contributed by atoms with E-state index >= 15 is 0 Å². The molecule has 0 saturated carbocycles. The van der Waals surface area contributed by atoms with Gasteiger partial charge in [0.15, 0.2) is 0 Å². The molecule has 39 heavy (non-hydrogen) atoms. The van der Waals surface area contributed by atoms with Gasteiger partial charge in [0.25, 0.3) is 0 Å². The van der Waals surface area contributed by atoms with Gasteiger partial charge in [-0.25, -0.2) is 4.79 Å². The van der Waals surface area contributed by atoms with Crippen molar-refractivity contribution in [3.8, 4) is 0 Å². The molecule has 0 radical (unpaired) electrons. The zero-order chi connectivity index (χ0) is 27.0. The minimum absolute atomic E-state index is 0.240. The highest BCUT2D eigenvalue weighted by Crippen LogP contribution is 2.40. The summed E-state index contributed by atoms with van der Waals surface area (Å²) in [7, 11) is 0. The Balaban J connectivity index is 1.20. The molecule has 0 saturated heterocycles. The number of carbonyl (C=O) groups excluding carboxylic acids is 1. The third kappa shape index (κ3) is 8.26. The fraction of sp³-hybridized carbons (Fsp3) is 0.242. The van der Waals surface area contributed by atoms with Gasteiger partial charge in [-0.15, -0.1) is 0 Å². The van der Waals surface area contributed by atoms with Gasteiger partial charge in [-0.3, -0.25) is 0 Å². The lowest BCUT2D eigenvalue weighted by Gasteiger charge is -2.36. The van der Waals surface area contributed by atoms with Crippen molar-refractivity contribution in [2.45, 2.75) is 12.2 Å². The Labute approximate surface area is 230 Å². The average Bonchev–Trinajstić information content (AvgIpc) is 3.01. The second kappa shape index (κ2) is 15.4. The molecule has 0 atom stereocenters. The second-order valence-corrected chi connectivity index (χ2v) is 8.84. The van der Waals surface area contributed by atoms with Gasteiger partial charge < -0.3 is 24.3 Å². The summed E-state index contributed by atoms with van der Waals surface area (Å²) in [6, 6.07) is 40.4. The number of carbonyl (C=O) groups is 1. The molecule has 0 heterocycles. The van der Waals surface area contributed by atoms with E-state index in [0.717, 1.165) is 22.3 Å². The van der Waals surface area contributed by atoms with Crippen molar-refractivity contribution in [3.63, 3.8) is 0 Å². The van der Waals surface area contributed by atoms with Crippen LogP contribution in [0.1, 0.15) is 22.3 Å². The van der Waals surface area contributed by atoms with Gasteiger partial charge in [0.2, 0.25) is 0 Å². The topological polar surface area (TPSA) is 66.0 Å². The number of amides is 1. The molecule has 0 aliphatic rings. The molecule has 4 rings (SSSR count). The van der Waals surface area contributed by atoms with E-state index in [9.17, 15) is 4.79 Å². The predicted molar refractivity (Wildman–Crippen MR) is 151 cm³/mol. The van der Waals surface area contributed by atoms with E-state index in [1.165, 1.54) is 0 Å². The molecule has 0 aliphatic heterocycles. The smallest absolute Gasteiger partial charge is 0.407 e. The van der Waals surface area contributed by atoms with Crippen LogP contribution in [-0.2, 0) is 31.2 Å². The minimum atomic E-state index is -0.759. The SMILES string of the molecule is O=C(NCCOCCOCCOC(c1ccccc1)(c1ccccc1)c1ccccc1)OCc1ccccc1. The molecule has 6 nitrogen and oxygen atoms in total. The van der Waals surface area contributed by atoms with Crippen molar-refractivity contribution in [3.05, 3.63) is 144 Å². The fourth-order valence-electron chi connectivity index (χ4n) is 4.34. The van der Waals surface area contributed by atoms with Crippen LogP contribution in [0.5, 0.6) is 0 Å². The number of benzene rings is 4. The van der Waals surface area contributed by atoms with Crippen molar-refractivity contribution in [2.75, 3.05) is 39.6 Å². The summed E-state index contributed by atoms with van der Waals surface area (Å²) in [5.41, 5.74) is 3.35. The third-order valence-electron chi connectivity index (χ3n) is 6.19. The van der Waals surface area contributed by atoms with E-state index in [2.05, 4.69) is 41.7 Å². The van der Waals surface area contributed by atoms with E-state index in [1.54, 1.807) is 0 Å². The summed E-state index contributed by atoms with van der Waals surface area (Å²) < 4.78 is 23.2. The number of nitrogens with one attached hydrogen (secondary N) is 1. The van der Waals surface area contributed by atoms with Crippen LogP contribution in [0.3, 0.4) is 0 Å². The highest BCUT2D eigenvalue weighted by atomic mass is 16.6. The van der Waals surface area contributed by atoms with Crippen LogP contribution >= 0.6 is 0 Å². The fourth-order valence-corrected chi connectivity index (χ4v) is 4.34. The Hall–Kier alpha value is -3.97. The molecular formula is C33H35NO5. The van der Waals surface area contributed by atoms with Crippen LogP contribution in [0.4, 0.5) is 4.79 Å². The molecule has 202 valence electrons. The number of hydrogen-bond acceptors (Lipinski definition) is 5. The van der Waals surface area contributed by atoms with Gasteiger partial charge in [-0.1, -0.05) is 121 Å². The van der Waals surface area contributed by atoms with Gasteiger partial charge in [0.1, 0.15) is 12.2 Å². The first-order valence-corrected chi connectivity index (χ1v) is 13.2. The van der Waals surface area contributed by atoms with E-state index in [1.807, 2.05) is 84.9 Å². The van der Waals surface area contributed by atoms with Crippen LogP contribution in [0.25, 0.3) is 0 Å². The molecule has 6 heteroatoms. The summed E-state index contributed by atoms with van der Waals surface area (Å²) in [6.07, 6.45) is -0.463. The molecule has 0 bridgehead atoms. The van der Waals surface area contributed by atoms with Gasteiger partial charge in [0.05, 0.1) is 33.0 Å². The Morgan fingerprint density at radius 3 is 1.51 bits per heavy atom. The molecule has 4 aromatic carbocycles. The summed E-state index contributed by atoms with van der Waals surface area (Å²) in [5.74, 6) is 0. The molecule has 0 unspecified atom stereocenters. The van der Waals surface area contributed by atoms with Crippen LogP contribution in [0, 0.1) is 0 Å². The number of alkyl carbamates (subject to hydrolysis) is 1. The number of ether oxygens (including phenoxy) is 4. The maximum absolute atomic E-state index is 11.8. The lowest BCUT2D eigenvalue weighted by atomic mass is 9.80. The summed E-state index contributed by atoms with van der Waals surface area (Å²) in [4.78, 5) is 11.8. The Kier molecular flexibility index (Phi) is 11.1. The van der Waals surface area contributed by atoms with Crippen molar-refractivity contribution in [1.82, 2.24) is 5.32 Å². The van der Waals surface area contributed by atoms with Gasteiger partial charge in [-0.05, 0) is 22.3 Å². The first-order valence-electron chi connectivity index (χ1n) is 13.2. The van der Waals surface area contributed by atoms with Crippen molar-refractivity contribution >= 4 is 6.09 Å². The van der Waals surface area contributed by atoms with Gasteiger partial charge in [0, 0.05) is 6.54 Å². The number of hydrogen-bond donors (Lipinski definition) is 1. The lowest BCUT2D eigenvalue weighted by Crippen LogP contribution is -2.34. The van der Waals surface area contributed by atoms with Crippen molar-refractivity contribution < 1.29 is 23.7 Å². The molecule has 0 aromatic heterocycles. The van der Waals surface area contributed by atoms with Crippen LogP contribution in [-0.4, -0.2) is 45.7 Å².